The van der Waals surface area contributed by atoms with Crippen molar-refractivity contribution in [1.82, 2.24) is 0 Å². The third kappa shape index (κ3) is 37.0. The predicted molar refractivity (Wildman–Crippen MR) is 32.2 cm³/mol. The van der Waals surface area contributed by atoms with Gasteiger partial charge in [-0.25, -0.2) is 4.20 Å². The first-order valence-electron chi connectivity index (χ1n) is 1.03. The molecule has 45 valence electrons. The van der Waals surface area contributed by atoms with Crippen LogP contribution in [0.25, 0.3) is 0 Å². The minimum absolute atomic E-state index is 0.500. The average molecular weight is 263 g/mol. The Labute approximate surface area is 57.3 Å². The van der Waals surface area contributed by atoms with E-state index in [-0.39, 0.29) is 0 Å². The summed E-state index contributed by atoms with van der Waals surface area (Å²) in [5, 5.41) is 0. The topological polar surface area (TPSA) is 0 Å². The van der Waals surface area contributed by atoms with E-state index in [0.29, 0.717) is 0 Å². The molecular weight excluding hydrogens is 258 g/mol. The van der Waals surface area contributed by atoms with Crippen molar-refractivity contribution in [2.75, 3.05) is 0 Å². The molecule has 0 heterocycles. The summed E-state index contributed by atoms with van der Waals surface area (Å²) in [4.78, 5) is 0. The van der Waals surface area contributed by atoms with Crippen molar-refractivity contribution < 1.29 is 20.0 Å². The van der Waals surface area contributed by atoms with E-state index < -0.39 is 24.4 Å². The molecule has 0 N–H and O–H groups in total. The van der Waals surface area contributed by atoms with E-state index in [0.717, 1.165) is 0 Å². The van der Waals surface area contributed by atoms with Gasteiger partial charge in [0.2, 0.25) is 0 Å². The molecular formula is H4Cl2FP2Pd. The minimum atomic E-state index is -1.79. The monoisotopic (exact) mass is 262 g/mol. The number of hydrogen-bond donors (Lipinski definition) is 0. The SMILES string of the molecule is FPP.[2H][Pd]([Cl])[Cl]. The molecule has 0 aromatic heterocycles. The van der Waals surface area contributed by atoms with Gasteiger partial charge in [-0.2, -0.15) is 0 Å². The third-order valence-electron chi connectivity index (χ3n) is 0. The van der Waals surface area contributed by atoms with E-state index in [1.807, 2.05) is 8.93 Å². The summed E-state index contributed by atoms with van der Waals surface area (Å²) in [6.45, 7) is 0. The molecule has 6 heavy (non-hydrogen) atoms. The second-order valence-corrected chi connectivity index (χ2v) is 3.39. The Bertz CT molecular complexity index is 26.9. The van der Waals surface area contributed by atoms with Gasteiger partial charge in [-0.05, 0) is 0 Å². The first kappa shape index (κ1) is 8.03. The molecule has 0 amide bonds. The Morgan fingerprint density at radius 1 is 2.00 bits per heavy atom. The third-order valence-corrected chi connectivity index (χ3v) is 0. The molecule has 0 bridgehead atoms. The zero-order chi connectivity index (χ0) is 6.28. The van der Waals surface area contributed by atoms with Crippen LogP contribution in [-0.4, -0.2) is 0.783 Å². The Kier molecular flexibility index (Phi) is 21.1. The molecule has 0 nitrogen and oxygen atoms in total. The van der Waals surface area contributed by atoms with Crippen molar-refractivity contribution in [2.24, 2.45) is 0 Å². The van der Waals surface area contributed by atoms with Gasteiger partial charge in [0.1, 0.15) is 0 Å². The van der Waals surface area contributed by atoms with E-state index in [1.165, 1.54) is 0 Å². The van der Waals surface area contributed by atoms with Crippen LogP contribution >= 0.6 is 36.6 Å². The van der Waals surface area contributed by atoms with Crippen LogP contribution < -0.4 is 0 Å². The predicted octanol–water partition coefficient (Wildman–Crippen LogP) is 2.45. The standard InChI is InChI=1S/2ClH.FH3P2.Pd.H/c;;1-3-2;;/h2*1H;3H,2H2;;/q;;;+2;/p-2/i;;;;1+1. The van der Waals surface area contributed by atoms with Crippen molar-refractivity contribution >= 4 is 36.6 Å². The van der Waals surface area contributed by atoms with Crippen LogP contribution in [0.5, 0.6) is 0 Å². The van der Waals surface area contributed by atoms with Crippen LogP contribution in [0.1, 0.15) is 0 Å². The molecule has 0 aliphatic rings. The molecule has 0 saturated heterocycles. The molecule has 2 atom stereocenters. The molecule has 2 unspecified atom stereocenters. The van der Waals surface area contributed by atoms with E-state index in [4.69, 9.17) is 19.8 Å². The van der Waals surface area contributed by atoms with Gasteiger partial charge in [-0.1, -0.05) is 8.93 Å². The number of hydrogen-bond acceptors (Lipinski definition) is 0. The zero-order valence-electron chi connectivity index (χ0n) is 3.53. The summed E-state index contributed by atoms with van der Waals surface area (Å²) < 4.78 is 16.5. The van der Waals surface area contributed by atoms with E-state index in [9.17, 15) is 4.20 Å². The fourth-order valence-electron chi connectivity index (χ4n) is 0. The van der Waals surface area contributed by atoms with Crippen LogP contribution in [-0.2, 0) is 15.8 Å². The Hall–Kier alpha value is 2.03. The average Bonchev–Trinajstić information content (AvgIpc) is 1.33. The molecule has 0 radical (unpaired) electrons. The van der Waals surface area contributed by atoms with Gasteiger partial charge in [0.05, 0.1) is 8.58 Å². The summed E-state index contributed by atoms with van der Waals surface area (Å²) in [6.07, 6.45) is 0. The van der Waals surface area contributed by atoms with Crippen LogP contribution in [0.4, 0.5) is 4.20 Å². The fraction of sp³-hybridized carbons (Fsp3) is 0. The fourth-order valence-corrected chi connectivity index (χ4v) is 0. The normalized spacial score (nSPS) is 12.7. The first-order chi connectivity index (χ1) is 3.15. The second kappa shape index (κ2) is 15.7. The zero-order valence-corrected chi connectivity index (χ0v) is 7.75. The molecule has 0 spiro atoms. The molecule has 0 rings (SSSR count). The van der Waals surface area contributed by atoms with Gasteiger partial charge in [-0.15, -0.1) is 0 Å². The summed E-state index contributed by atoms with van der Waals surface area (Å²) in [5.41, 5.74) is 0. The molecule has 0 aliphatic heterocycles. The van der Waals surface area contributed by atoms with E-state index in [2.05, 4.69) is 0 Å². The van der Waals surface area contributed by atoms with Crippen molar-refractivity contribution in [3.63, 3.8) is 0 Å². The van der Waals surface area contributed by atoms with E-state index in [1.54, 1.807) is 0 Å². The Morgan fingerprint density at radius 2 is 2.00 bits per heavy atom. The quantitative estimate of drug-likeness (QED) is 0.465. The van der Waals surface area contributed by atoms with Crippen molar-refractivity contribution in [2.45, 2.75) is 0 Å². The van der Waals surface area contributed by atoms with Gasteiger partial charge >= 0.3 is 35.6 Å². The van der Waals surface area contributed by atoms with Gasteiger partial charge < -0.3 is 0 Å². The number of halogens is 3. The van der Waals surface area contributed by atoms with Gasteiger partial charge in [0, 0.05) is 0 Å². The van der Waals surface area contributed by atoms with Crippen LogP contribution in [0, 0.1) is 0 Å². The van der Waals surface area contributed by atoms with Gasteiger partial charge in [-0.3, -0.25) is 0 Å². The van der Waals surface area contributed by atoms with Crippen LogP contribution in [0.15, 0.2) is 0 Å². The maximum absolute atomic E-state index is 10.3. The molecule has 6 heteroatoms. The molecule has 0 aromatic rings. The summed E-state index contributed by atoms with van der Waals surface area (Å²) >= 11 is -1.79. The van der Waals surface area contributed by atoms with Crippen molar-refractivity contribution in [3.05, 3.63) is 0 Å². The van der Waals surface area contributed by atoms with Crippen molar-refractivity contribution in [1.29, 1.82) is 0.783 Å². The summed E-state index contributed by atoms with van der Waals surface area (Å²) in [7, 11) is 11.1. The second-order valence-electron chi connectivity index (χ2n) is 0.154. The maximum atomic E-state index is 10.3. The first-order valence-corrected chi connectivity index (χ1v) is 7.41. The van der Waals surface area contributed by atoms with Crippen LogP contribution in [0.2, 0.25) is 0 Å². The van der Waals surface area contributed by atoms with Crippen LogP contribution in [0.3, 0.4) is 0 Å². The van der Waals surface area contributed by atoms with Gasteiger partial charge in [0.25, 0.3) is 0 Å². The van der Waals surface area contributed by atoms with Crippen molar-refractivity contribution in [3.8, 4) is 0 Å². The Morgan fingerprint density at radius 3 is 2.00 bits per heavy atom. The summed E-state index contributed by atoms with van der Waals surface area (Å²) in [6, 6.07) is 0. The molecule has 0 fully saturated rings. The summed E-state index contributed by atoms with van der Waals surface area (Å²) in [5.74, 6) is 0. The Balaban J connectivity index is 0. The molecule has 0 aromatic carbocycles. The molecule has 0 aliphatic carbocycles. The molecule has 0 saturated carbocycles. The number of rotatable bonds is 0. The van der Waals surface area contributed by atoms with E-state index >= 15 is 0 Å². The van der Waals surface area contributed by atoms with Gasteiger partial charge in [0.15, 0.2) is 0 Å².